The molecule has 0 amide bonds. The number of aliphatic hydroxyl groups is 3. The van der Waals surface area contributed by atoms with E-state index in [2.05, 4.69) is 0 Å². The van der Waals surface area contributed by atoms with Crippen LogP contribution in [-0.2, 0) is 11.2 Å². The fraction of sp³-hybridized carbons (Fsp3) is 0.571. The van der Waals surface area contributed by atoms with Gasteiger partial charge in [-0.1, -0.05) is 47.5 Å². The Morgan fingerprint density at radius 1 is 1.28 bits per heavy atom. The Morgan fingerprint density at radius 3 is 2.69 bits per heavy atom. The van der Waals surface area contributed by atoms with Crippen molar-refractivity contribution in [3.05, 3.63) is 44.6 Å². The summed E-state index contributed by atoms with van der Waals surface area (Å²) in [4.78, 5) is 11.5. The molecule has 0 bridgehead atoms. The molecule has 1 fully saturated rings. The van der Waals surface area contributed by atoms with E-state index in [1.54, 1.807) is 12.1 Å². The number of carboxylic acids is 1. The lowest BCUT2D eigenvalue weighted by Gasteiger charge is -2.19. The summed E-state index contributed by atoms with van der Waals surface area (Å²) in [5, 5.41) is 39.9. The van der Waals surface area contributed by atoms with Gasteiger partial charge in [-0.25, -0.2) is 0 Å². The number of aryl methyl sites for hydroxylation is 1. The van der Waals surface area contributed by atoms with Crippen LogP contribution in [0.15, 0.2) is 30.4 Å². The lowest BCUT2D eigenvalue weighted by molar-refractivity contribution is -0.137. The first kappa shape index (κ1) is 24.4. The van der Waals surface area contributed by atoms with Gasteiger partial charge in [-0.15, -0.1) is 11.3 Å². The number of rotatable bonds is 11. The third-order valence-corrected chi connectivity index (χ3v) is 7.12. The van der Waals surface area contributed by atoms with Crippen LogP contribution in [-0.4, -0.2) is 44.7 Å². The van der Waals surface area contributed by atoms with Gasteiger partial charge in [0, 0.05) is 23.6 Å². The fourth-order valence-corrected chi connectivity index (χ4v) is 5.05. The van der Waals surface area contributed by atoms with Crippen LogP contribution in [0, 0.1) is 11.8 Å². The van der Waals surface area contributed by atoms with Crippen LogP contribution in [0.1, 0.15) is 43.4 Å². The standard InChI is InChI=1S/C21H28Cl2O5S/c22-17-11-14(29-21(17)23)9-7-13(24)8-10-16-15(18(25)12-19(16)26)5-3-1-2-4-6-20(27)28/h1,3,8,10-11,13,15-16,18-19,24-26H,2,4-7,9,12H2,(H,27,28)/b3-1+,10-8+/t13-,15+,16+,18-,19+/m0/s1. The SMILES string of the molecule is O=C(O)CCC/C=C/C[C@@H]1[C@@H](/C=C/[C@@H](O)CCc2cc(Cl)c(Cl)s2)[C@H](O)C[C@@H]1O. The van der Waals surface area contributed by atoms with Crippen LogP contribution in [0.5, 0.6) is 0 Å². The number of aliphatic carboxylic acids is 1. The van der Waals surface area contributed by atoms with Crippen molar-refractivity contribution in [2.45, 2.75) is 63.3 Å². The van der Waals surface area contributed by atoms with Gasteiger partial charge < -0.3 is 20.4 Å². The third kappa shape index (κ3) is 8.04. The molecular weight excluding hydrogens is 435 g/mol. The lowest BCUT2D eigenvalue weighted by atomic mass is 9.89. The Bertz CT molecular complexity index is 698. The minimum atomic E-state index is -0.804. The highest BCUT2D eigenvalue weighted by atomic mass is 35.5. The molecule has 4 N–H and O–H groups in total. The molecule has 5 atom stereocenters. The second-order valence-corrected chi connectivity index (χ2v) is 9.58. The molecule has 1 heterocycles. The van der Waals surface area contributed by atoms with Crippen molar-refractivity contribution in [2.24, 2.45) is 11.8 Å². The third-order valence-electron chi connectivity index (χ3n) is 5.19. The van der Waals surface area contributed by atoms with Gasteiger partial charge in [0.2, 0.25) is 0 Å². The number of carboxylic acid groups (broad SMARTS) is 1. The molecule has 0 aliphatic heterocycles. The molecule has 1 aliphatic rings. The molecule has 1 aromatic heterocycles. The number of hydrogen-bond donors (Lipinski definition) is 4. The second kappa shape index (κ2) is 12.1. The molecule has 8 heteroatoms. The van der Waals surface area contributed by atoms with Crippen LogP contribution >= 0.6 is 34.5 Å². The maximum absolute atomic E-state index is 10.5. The normalized spacial score (nSPS) is 26.0. The molecule has 162 valence electrons. The van der Waals surface area contributed by atoms with Gasteiger partial charge in [-0.05, 0) is 44.1 Å². The topological polar surface area (TPSA) is 98.0 Å². The minimum Gasteiger partial charge on any atom is -0.481 e. The molecule has 0 aromatic carbocycles. The van der Waals surface area contributed by atoms with E-state index < -0.39 is 24.3 Å². The van der Waals surface area contributed by atoms with Crippen LogP contribution < -0.4 is 0 Å². The summed E-state index contributed by atoms with van der Waals surface area (Å²) >= 11 is 13.3. The number of hydrogen-bond acceptors (Lipinski definition) is 5. The molecule has 5 nitrogen and oxygen atoms in total. The second-order valence-electron chi connectivity index (χ2n) is 7.43. The molecule has 29 heavy (non-hydrogen) atoms. The summed E-state index contributed by atoms with van der Waals surface area (Å²) in [6.45, 7) is 0. The van der Waals surface area contributed by atoms with Gasteiger partial charge in [0.25, 0.3) is 0 Å². The number of unbranched alkanes of at least 4 members (excludes halogenated alkanes) is 1. The van der Waals surface area contributed by atoms with Gasteiger partial charge in [0.15, 0.2) is 0 Å². The van der Waals surface area contributed by atoms with Crippen molar-refractivity contribution in [3.63, 3.8) is 0 Å². The van der Waals surface area contributed by atoms with E-state index in [0.29, 0.717) is 47.9 Å². The predicted octanol–water partition coefficient (Wildman–Crippen LogP) is 4.46. The van der Waals surface area contributed by atoms with Crippen molar-refractivity contribution in [3.8, 4) is 0 Å². The highest BCUT2D eigenvalue weighted by Crippen LogP contribution is 2.36. The fourth-order valence-electron chi connectivity index (χ4n) is 3.61. The van der Waals surface area contributed by atoms with Gasteiger partial charge in [-0.3, -0.25) is 4.79 Å². The molecule has 0 saturated heterocycles. The number of aliphatic hydroxyl groups excluding tert-OH is 3. The van der Waals surface area contributed by atoms with E-state index >= 15 is 0 Å². The average Bonchev–Trinajstić information content (AvgIpc) is 3.11. The Hall–Kier alpha value is -0.890. The van der Waals surface area contributed by atoms with Crippen LogP contribution in [0.25, 0.3) is 0 Å². The van der Waals surface area contributed by atoms with Crippen molar-refractivity contribution in [1.82, 2.24) is 0 Å². The zero-order valence-corrected chi connectivity index (χ0v) is 18.4. The smallest absolute Gasteiger partial charge is 0.303 e. The van der Waals surface area contributed by atoms with Crippen LogP contribution in [0.4, 0.5) is 0 Å². The van der Waals surface area contributed by atoms with Gasteiger partial charge in [0.1, 0.15) is 4.34 Å². The first-order valence-electron chi connectivity index (χ1n) is 9.81. The number of carbonyl (C=O) groups is 1. The number of thiophene rings is 1. The molecule has 1 saturated carbocycles. The Balaban J connectivity index is 1.83. The maximum Gasteiger partial charge on any atom is 0.303 e. The summed E-state index contributed by atoms with van der Waals surface area (Å²) in [5.74, 6) is -1.16. The van der Waals surface area contributed by atoms with E-state index in [9.17, 15) is 20.1 Å². The zero-order chi connectivity index (χ0) is 21.4. The van der Waals surface area contributed by atoms with E-state index in [4.69, 9.17) is 28.3 Å². The van der Waals surface area contributed by atoms with Crippen molar-refractivity contribution < 1.29 is 25.2 Å². The lowest BCUT2D eigenvalue weighted by Crippen LogP contribution is -2.20. The van der Waals surface area contributed by atoms with Gasteiger partial charge in [0.05, 0.1) is 23.3 Å². The van der Waals surface area contributed by atoms with Crippen LogP contribution in [0.2, 0.25) is 9.36 Å². The van der Waals surface area contributed by atoms with Crippen molar-refractivity contribution >= 4 is 40.5 Å². The molecule has 0 radical (unpaired) electrons. The van der Waals surface area contributed by atoms with E-state index in [-0.39, 0.29) is 18.3 Å². The van der Waals surface area contributed by atoms with E-state index in [1.165, 1.54) is 11.3 Å². The highest BCUT2D eigenvalue weighted by Gasteiger charge is 2.39. The van der Waals surface area contributed by atoms with Crippen molar-refractivity contribution in [2.75, 3.05) is 0 Å². The quantitative estimate of drug-likeness (QED) is 0.287. The van der Waals surface area contributed by atoms with Gasteiger partial charge >= 0.3 is 5.97 Å². The maximum atomic E-state index is 10.5. The van der Waals surface area contributed by atoms with Gasteiger partial charge in [-0.2, -0.15) is 0 Å². The molecular formula is C21H28Cl2O5S. The summed E-state index contributed by atoms with van der Waals surface area (Å²) in [6, 6.07) is 1.81. The molecule has 1 aromatic rings. The first-order valence-corrected chi connectivity index (χ1v) is 11.4. The Morgan fingerprint density at radius 2 is 2.03 bits per heavy atom. The largest absolute Gasteiger partial charge is 0.481 e. The number of halogens is 2. The number of allylic oxidation sites excluding steroid dienone is 2. The van der Waals surface area contributed by atoms with E-state index in [1.807, 2.05) is 18.2 Å². The Labute approximate surface area is 185 Å². The summed E-state index contributed by atoms with van der Waals surface area (Å²) in [7, 11) is 0. The molecule has 0 spiro atoms. The monoisotopic (exact) mass is 462 g/mol. The predicted molar refractivity (Wildman–Crippen MR) is 117 cm³/mol. The molecule has 2 rings (SSSR count). The molecule has 0 unspecified atom stereocenters. The Kier molecular flexibility index (Phi) is 10.2. The summed E-state index contributed by atoms with van der Waals surface area (Å²) in [6.07, 6.45) is 8.93. The summed E-state index contributed by atoms with van der Waals surface area (Å²) in [5.41, 5.74) is 0. The molecule has 1 aliphatic carbocycles. The minimum absolute atomic E-state index is 0.126. The first-order chi connectivity index (χ1) is 13.8. The van der Waals surface area contributed by atoms with Crippen LogP contribution in [0.3, 0.4) is 0 Å². The summed E-state index contributed by atoms with van der Waals surface area (Å²) < 4.78 is 0.550. The highest BCUT2D eigenvalue weighted by molar-refractivity contribution is 7.16. The average molecular weight is 463 g/mol. The van der Waals surface area contributed by atoms with Crippen molar-refractivity contribution in [1.29, 1.82) is 0 Å². The zero-order valence-electron chi connectivity index (χ0n) is 16.1. The van der Waals surface area contributed by atoms with E-state index in [0.717, 1.165) is 4.88 Å².